The van der Waals surface area contributed by atoms with Crippen molar-refractivity contribution < 1.29 is 8.42 Å². The number of fused-ring (bicyclic) bond motifs is 1. The molecule has 19 heavy (non-hydrogen) atoms. The van der Waals surface area contributed by atoms with Crippen LogP contribution in [0.15, 0.2) is 0 Å². The Labute approximate surface area is 114 Å². The average molecular weight is 286 g/mol. The molecule has 1 aliphatic rings. The Morgan fingerprint density at radius 3 is 2.53 bits per heavy atom. The van der Waals surface area contributed by atoms with E-state index in [0.717, 1.165) is 12.4 Å². The first-order valence-corrected chi connectivity index (χ1v) is 8.43. The maximum atomic E-state index is 11.7. The highest BCUT2D eigenvalue weighted by molar-refractivity contribution is 7.90. The van der Waals surface area contributed by atoms with Gasteiger partial charge < -0.3 is 9.88 Å². The predicted octanol–water partition coefficient (Wildman–Crippen LogP) is 1.07. The lowest BCUT2D eigenvalue weighted by Crippen LogP contribution is -2.41. The minimum absolute atomic E-state index is 0.0107. The summed E-state index contributed by atoms with van der Waals surface area (Å²) in [7, 11) is -3.16. The summed E-state index contributed by atoms with van der Waals surface area (Å²) in [5, 5.41) is 11.2. The Hall–Kier alpha value is -0.950. The summed E-state index contributed by atoms with van der Waals surface area (Å²) in [6, 6.07) is 0.0919. The number of hydrogen-bond donors (Lipinski definition) is 1. The van der Waals surface area contributed by atoms with Crippen molar-refractivity contribution in [3.63, 3.8) is 0 Å². The van der Waals surface area contributed by atoms with E-state index in [1.807, 2.05) is 4.57 Å². The fourth-order valence-corrected chi connectivity index (χ4v) is 2.93. The van der Waals surface area contributed by atoms with E-state index >= 15 is 0 Å². The molecule has 1 aliphatic heterocycles. The zero-order valence-corrected chi connectivity index (χ0v) is 13.0. The molecule has 2 rings (SSSR count). The van der Waals surface area contributed by atoms with Gasteiger partial charge in [-0.2, -0.15) is 0 Å². The summed E-state index contributed by atoms with van der Waals surface area (Å²) >= 11 is 0. The van der Waals surface area contributed by atoms with Crippen molar-refractivity contribution >= 4 is 9.84 Å². The van der Waals surface area contributed by atoms with Crippen molar-refractivity contribution in [3.05, 3.63) is 11.6 Å². The molecule has 1 aromatic rings. The van der Waals surface area contributed by atoms with Crippen LogP contribution in [0.25, 0.3) is 0 Å². The van der Waals surface area contributed by atoms with Crippen LogP contribution in [-0.2, 0) is 16.4 Å². The largest absolute Gasteiger partial charge is 0.311 e. The van der Waals surface area contributed by atoms with Gasteiger partial charge in [-0.15, -0.1) is 10.2 Å². The van der Waals surface area contributed by atoms with Crippen LogP contribution < -0.4 is 5.32 Å². The monoisotopic (exact) mass is 286 g/mol. The molecule has 0 amide bonds. The minimum atomic E-state index is -3.16. The van der Waals surface area contributed by atoms with Crippen LogP contribution in [-0.4, -0.2) is 36.0 Å². The van der Waals surface area contributed by atoms with Crippen LogP contribution in [0.3, 0.4) is 0 Å². The van der Waals surface area contributed by atoms with Crippen molar-refractivity contribution in [2.75, 3.05) is 12.8 Å². The van der Waals surface area contributed by atoms with Crippen LogP contribution in [0.5, 0.6) is 0 Å². The third-order valence-electron chi connectivity index (χ3n) is 3.62. The molecule has 0 radical (unpaired) electrons. The maximum Gasteiger partial charge on any atom is 0.157 e. The van der Waals surface area contributed by atoms with Gasteiger partial charge in [0.2, 0.25) is 0 Å². The van der Waals surface area contributed by atoms with Gasteiger partial charge in [0, 0.05) is 19.3 Å². The van der Waals surface area contributed by atoms with Gasteiger partial charge in [-0.25, -0.2) is 8.42 Å². The van der Waals surface area contributed by atoms with E-state index in [0.29, 0.717) is 12.4 Å². The molecule has 0 aliphatic carbocycles. The maximum absolute atomic E-state index is 11.7. The van der Waals surface area contributed by atoms with Gasteiger partial charge in [0.05, 0.1) is 6.04 Å². The van der Waals surface area contributed by atoms with Gasteiger partial charge in [-0.3, -0.25) is 0 Å². The number of hydrogen-bond acceptors (Lipinski definition) is 5. The molecular formula is C12H22N4O2S. The van der Waals surface area contributed by atoms with Gasteiger partial charge in [0.1, 0.15) is 5.25 Å². The van der Waals surface area contributed by atoms with Gasteiger partial charge in [-0.05, 0) is 12.3 Å². The highest BCUT2D eigenvalue weighted by Crippen LogP contribution is 2.34. The van der Waals surface area contributed by atoms with Crippen molar-refractivity contribution in [3.8, 4) is 0 Å². The molecule has 2 heterocycles. The smallest absolute Gasteiger partial charge is 0.157 e. The second-order valence-electron chi connectivity index (χ2n) is 6.29. The normalized spacial score (nSPS) is 22.1. The molecule has 0 bridgehead atoms. The lowest BCUT2D eigenvalue weighted by atomic mass is 9.85. The van der Waals surface area contributed by atoms with E-state index in [-0.39, 0.29) is 11.5 Å². The summed E-state index contributed by atoms with van der Waals surface area (Å²) in [5.41, 5.74) is 0.0107. The molecule has 0 saturated carbocycles. The van der Waals surface area contributed by atoms with Crippen molar-refractivity contribution in [2.24, 2.45) is 5.41 Å². The second kappa shape index (κ2) is 4.56. The Balaban J connectivity index is 2.46. The number of nitrogens with zero attached hydrogens (tertiary/aromatic N) is 3. The first-order valence-electron chi connectivity index (χ1n) is 6.47. The van der Waals surface area contributed by atoms with Gasteiger partial charge in [0.25, 0.3) is 0 Å². The number of nitrogens with one attached hydrogen (secondary N) is 1. The van der Waals surface area contributed by atoms with Crippen molar-refractivity contribution in [1.82, 2.24) is 20.1 Å². The molecule has 7 heteroatoms. The topological polar surface area (TPSA) is 76.9 Å². The van der Waals surface area contributed by atoms with Crippen LogP contribution in [0.1, 0.15) is 50.6 Å². The Kier molecular flexibility index (Phi) is 3.47. The molecule has 1 aromatic heterocycles. The summed E-state index contributed by atoms with van der Waals surface area (Å²) in [6.07, 6.45) is 1.24. The molecular weight excluding hydrogens is 264 g/mol. The number of rotatable bonds is 2. The lowest BCUT2D eigenvalue weighted by Gasteiger charge is -2.34. The molecule has 0 aromatic carbocycles. The number of aromatic nitrogens is 3. The summed E-state index contributed by atoms with van der Waals surface area (Å²) in [4.78, 5) is 0. The summed E-state index contributed by atoms with van der Waals surface area (Å²) in [5.74, 6) is 1.39. The quantitative estimate of drug-likeness (QED) is 0.880. The molecule has 1 N–H and O–H groups in total. The predicted molar refractivity (Wildman–Crippen MR) is 73.5 cm³/mol. The van der Waals surface area contributed by atoms with Crippen molar-refractivity contribution in [2.45, 2.75) is 45.5 Å². The molecule has 0 fully saturated rings. The first-order chi connectivity index (χ1) is 8.62. The fourth-order valence-electron chi connectivity index (χ4n) is 2.37. The Morgan fingerprint density at radius 1 is 1.37 bits per heavy atom. The van der Waals surface area contributed by atoms with E-state index in [1.165, 1.54) is 6.26 Å². The van der Waals surface area contributed by atoms with E-state index in [1.54, 1.807) is 6.92 Å². The summed E-state index contributed by atoms with van der Waals surface area (Å²) < 4.78 is 25.4. The minimum Gasteiger partial charge on any atom is -0.311 e. The SMILES string of the molecule is CC(c1nnc2n1CCNC2C(C)(C)C)S(C)(=O)=O. The second-order valence-corrected chi connectivity index (χ2v) is 8.66. The third-order valence-corrected chi connectivity index (χ3v) is 5.12. The third kappa shape index (κ3) is 2.67. The van der Waals surface area contributed by atoms with Crippen LogP contribution in [0.4, 0.5) is 0 Å². The van der Waals surface area contributed by atoms with E-state index < -0.39 is 15.1 Å². The fraction of sp³-hybridized carbons (Fsp3) is 0.833. The van der Waals surface area contributed by atoms with Crippen molar-refractivity contribution in [1.29, 1.82) is 0 Å². The van der Waals surface area contributed by atoms with Crippen LogP contribution in [0.2, 0.25) is 0 Å². The van der Waals surface area contributed by atoms with E-state index in [4.69, 9.17) is 0 Å². The molecule has 2 atom stereocenters. The van der Waals surface area contributed by atoms with Crippen LogP contribution in [0, 0.1) is 5.41 Å². The molecule has 6 nitrogen and oxygen atoms in total. The van der Waals surface area contributed by atoms with E-state index in [9.17, 15) is 8.42 Å². The Bertz CT molecular complexity index is 571. The van der Waals surface area contributed by atoms with Gasteiger partial charge >= 0.3 is 0 Å². The average Bonchev–Trinajstić information content (AvgIpc) is 2.68. The first kappa shape index (κ1) is 14.5. The zero-order valence-electron chi connectivity index (χ0n) is 12.1. The van der Waals surface area contributed by atoms with Gasteiger partial charge in [-0.1, -0.05) is 20.8 Å². The van der Waals surface area contributed by atoms with Gasteiger partial charge in [0.15, 0.2) is 21.5 Å². The number of sulfone groups is 1. The molecule has 108 valence electrons. The van der Waals surface area contributed by atoms with E-state index in [2.05, 4.69) is 36.3 Å². The standard InChI is InChI=1S/C12H22N4O2S/c1-8(19(5,17)18)10-14-15-11-9(12(2,3)4)13-6-7-16(10)11/h8-9,13H,6-7H2,1-5H3. The molecule has 2 unspecified atom stereocenters. The lowest BCUT2D eigenvalue weighted by molar-refractivity contribution is 0.232. The summed E-state index contributed by atoms with van der Waals surface area (Å²) in [6.45, 7) is 9.58. The highest BCUT2D eigenvalue weighted by atomic mass is 32.2. The Morgan fingerprint density at radius 2 is 2.00 bits per heavy atom. The zero-order chi connectivity index (χ0) is 14.4. The highest BCUT2D eigenvalue weighted by Gasteiger charge is 2.35. The van der Waals surface area contributed by atoms with Crippen LogP contribution >= 0.6 is 0 Å². The molecule has 0 saturated heterocycles. The molecule has 0 spiro atoms.